The maximum atomic E-state index is 4.62. The third kappa shape index (κ3) is 3.69. The van der Waals surface area contributed by atoms with Crippen molar-refractivity contribution in [3.05, 3.63) is 58.9 Å². The van der Waals surface area contributed by atoms with Crippen molar-refractivity contribution in [2.24, 2.45) is 0 Å². The third-order valence-corrected chi connectivity index (χ3v) is 5.73. The summed E-state index contributed by atoms with van der Waals surface area (Å²) in [6, 6.07) is 14.0. The van der Waals surface area contributed by atoms with Crippen LogP contribution in [0.2, 0.25) is 0 Å². The van der Waals surface area contributed by atoms with Gasteiger partial charge < -0.3 is 4.57 Å². The monoisotopic (exact) mass is 568 g/mol. The number of fused-ring (bicyclic) bond motifs is 1. The van der Waals surface area contributed by atoms with Gasteiger partial charge in [0.2, 0.25) is 0 Å². The molecule has 4 rings (SSSR count). The Bertz CT molecular complexity index is 1080. The molecule has 0 unspecified atom stereocenters. The minimum Gasteiger partial charge on any atom is -0.322 e. The quantitative estimate of drug-likeness (QED) is 0.289. The van der Waals surface area contributed by atoms with Crippen LogP contribution >= 0.6 is 11.3 Å². The summed E-state index contributed by atoms with van der Waals surface area (Å²) in [5, 5.41) is 9.73. The molecule has 2 aromatic heterocycles. The average Bonchev–Trinajstić information content (AvgIpc) is 3.25. The smallest absolute Gasteiger partial charge is 0.114 e. The Morgan fingerprint density at radius 1 is 1.07 bits per heavy atom. The van der Waals surface area contributed by atoms with Gasteiger partial charge in [-0.3, -0.25) is 4.98 Å². The zero-order valence-corrected chi connectivity index (χ0v) is 19.9. The molecule has 0 aliphatic rings. The fraction of sp³-hybridized carbons (Fsp3) is 0.318. The summed E-state index contributed by atoms with van der Waals surface area (Å²) in [6.07, 6.45) is 1.81. The second kappa shape index (κ2) is 8.24. The van der Waals surface area contributed by atoms with E-state index in [4.69, 9.17) is 0 Å². The zero-order valence-electron chi connectivity index (χ0n) is 16.6. The SMILES string of the molecule is Cc1nc2cc(-c3nncn3-c3c(C(C)C)cccc3C(C)C)[c-]cc2s1.[Ir]. The van der Waals surface area contributed by atoms with Gasteiger partial charge in [-0.1, -0.05) is 45.9 Å². The fourth-order valence-corrected chi connectivity index (χ4v) is 4.28. The summed E-state index contributed by atoms with van der Waals surface area (Å²) in [4.78, 5) is 4.62. The maximum absolute atomic E-state index is 4.62. The minimum absolute atomic E-state index is 0. The second-order valence-electron chi connectivity index (χ2n) is 7.45. The van der Waals surface area contributed by atoms with Crippen molar-refractivity contribution in [2.45, 2.75) is 46.5 Å². The van der Waals surface area contributed by atoms with E-state index in [0.717, 1.165) is 26.6 Å². The van der Waals surface area contributed by atoms with E-state index in [1.807, 2.05) is 19.3 Å². The molecule has 0 fully saturated rings. The number of aromatic nitrogens is 4. The maximum Gasteiger partial charge on any atom is 0.114 e. The van der Waals surface area contributed by atoms with E-state index in [9.17, 15) is 0 Å². The van der Waals surface area contributed by atoms with Crippen LogP contribution in [0.1, 0.15) is 55.7 Å². The first-order chi connectivity index (χ1) is 13.0. The summed E-state index contributed by atoms with van der Waals surface area (Å²) in [5.74, 6) is 1.61. The summed E-state index contributed by atoms with van der Waals surface area (Å²) in [7, 11) is 0. The Morgan fingerprint density at radius 2 is 1.75 bits per heavy atom. The Hall–Kier alpha value is -1.88. The first kappa shape index (κ1) is 20.8. The van der Waals surface area contributed by atoms with E-state index < -0.39 is 0 Å². The van der Waals surface area contributed by atoms with Crippen LogP contribution in [-0.4, -0.2) is 19.7 Å². The van der Waals surface area contributed by atoms with Crippen molar-refractivity contribution in [1.82, 2.24) is 19.7 Å². The van der Waals surface area contributed by atoms with Crippen molar-refractivity contribution in [3.63, 3.8) is 0 Å². The largest absolute Gasteiger partial charge is 0.322 e. The predicted octanol–water partition coefficient (Wildman–Crippen LogP) is 5.90. The van der Waals surface area contributed by atoms with Crippen LogP contribution in [-0.2, 0) is 20.1 Å². The molecule has 28 heavy (non-hydrogen) atoms. The summed E-state index contributed by atoms with van der Waals surface area (Å²) in [6.45, 7) is 10.9. The summed E-state index contributed by atoms with van der Waals surface area (Å²) < 4.78 is 3.26. The Morgan fingerprint density at radius 3 is 2.39 bits per heavy atom. The molecule has 2 aromatic carbocycles. The molecular weight excluding hydrogens is 545 g/mol. The molecule has 0 atom stereocenters. The number of benzene rings is 2. The van der Waals surface area contributed by atoms with Crippen molar-refractivity contribution in [3.8, 4) is 17.1 Å². The van der Waals surface area contributed by atoms with E-state index in [0.29, 0.717) is 11.8 Å². The van der Waals surface area contributed by atoms with E-state index in [-0.39, 0.29) is 20.1 Å². The average molecular weight is 568 g/mol. The minimum atomic E-state index is 0. The van der Waals surface area contributed by atoms with Crippen molar-refractivity contribution in [1.29, 1.82) is 0 Å². The van der Waals surface area contributed by atoms with Gasteiger partial charge >= 0.3 is 0 Å². The predicted molar refractivity (Wildman–Crippen MR) is 112 cm³/mol. The summed E-state index contributed by atoms with van der Waals surface area (Å²) in [5.41, 5.74) is 5.69. The van der Waals surface area contributed by atoms with E-state index in [1.54, 1.807) is 11.3 Å². The van der Waals surface area contributed by atoms with Crippen LogP contribution in [0.25, 0.3) is 27.3 Å². The number of nitrogens with zero attached hydrogens (tertiary/aromatic N) is 4. The molecule has 0 saturated carbocycles. The number of thiazole rings is 1. The van der Waals surface area contributed by atoms with Crippen molar-refractivity contribution >= 4 is 21.6 Å². The molecule has 4 nitrogen and oxygen atoms in total. The molecule has 0 spiro atoms. The van der Waals surface area contributed by atoms with Gasteiger partial charge in [-0.2, -0.15) is 16.4 Å². The molecule has 147 valence electrons. The van der Waals surface area contributed by atoms with Gasteiger partial charge in [0.25, 0.3) is 0 Å². The van der Waals surface area contributed by atoms with Crippen LogP contribution in [0.4, 0.5) is 0 Å². The van der Waals surface area contributed by atoms with Crippen LogP contribution in [0.3, 0.4) is 0 Å². The molecule has 0 amide bonds. The molecule has 2 heterocycles. The van der Waals surface area contributed by atoms with E-state index in [2.05, 4.69) is 77.8 Å². The molecule has 4 aromatic rings. The first-order valence-electron chi connectivity index (χ1n) is 9.28. The Labute approximate surface area is 183 Å². The summed E-state index contributed by atoms with van der Waals surface area (Å²) >= 11 is 1.69. The molecule has 0 aliphatic heterocycles. The van der Waals surface area contributed by atoms with E-state index >= 15 is 0 Å². The van der Waals surface area contributed by atoms with Crippen molar-refractivity contribution in [2.75, 3.05) is 0 Å². The number of rotatable bonds is 4. The van der Waals surface area contributed by atoms with Gasteiger partial charge in [-0.15, -0.1) is 28.9 Å². The van der Waals surface area contributed by atoms with Crippen LogP contribution < -0.4 is 0 Å². The number of para-hydroxylation sites is 1. The molecular formula is C22H23IrN4S-. The van der Waals surface area contributed by atoms with Gasteiger partial charge in [-0.05, 0) is 40.1 Å². The van der Waals surface area contributed by atoms with Crippen LogP contribution in [0.5, 0.6) is 0 Å². The van der Waals surface area contributed by atoms with E-state index in [1.165, 1.54) is 16.8 Å². The molecule has 0 bridgehead atoms. The molecule has 1 radical (unpaired) electrons. The third-order valence-electron chi connectivity index (χ3n) is 4.80. The molecule has 0 N–H and O–H groups in total. The molecule has 6 heteroatoms. The van der Waals surface area contributed by atoms with Crippen LogP contribution in [0.15, 0.2) is 36.7 Å². The number of hydrogen-bond acceptors (Lipinski definition) is 4. The normalized spacial score (nSPS) is 11.4. The van der Waals surface area contributed by atoms with Crippen LogP contribution in [0, 0.1) is 13.0 Å². The zero-order chi connectivity index (χ0) is 19.1. The number of hydrogen-bond donors (Lipinski definition) is 0. The fourth-order valence-electron chi connectivity index (χ4n) is 3.49. The van der Waals surface area contributed by atoms with Gasteiger partial charge in [0.1, 0.15) is 6.33 Å². The Kier molecular flexibility index (Phi) is 6.13. The van der Waals surface area contributed by atoms with Gasteiger partial charge in [-0.25, -0.2) is 0 Å². The van der Waals surface area contributed by atoms with Gasteiger partial charge in [0, 0.05) is 25.8 Å². The first-order valence-corrected chi connectivity index (χ1v) is 10.1. The van der Waals surface area contributed by atoms with Gasteiger partial charge in [0.05, 0.1) is 10.8 Å². The topological polar surface area (TPSA) is 43.6 Å². The van der Waals surface area contributed by atoms with Crippen molar-refractivity contribution < 1.29 is 20.1 Å². The Balaban J connectivity index is 0.00000225. The van der Waals surface area contributed by atoms with Gasteiger partial charge in [0.15, 0.2) is 0 Å². The number of aryl methyl sites for hydroxylation is 1. The standard InChI is InChI=1S/C22H23N4S.Ir/c1-13(2)17-7-6-8-18(14(3)4)21(17)26-12-23-25-22(26)16-9-10-20-19(11-16)24-15(5)27-20;/h6-8,10-14H,1-5H3;/q-1;. The second-order valence-corrected chi connectivity index (χ2v) is 8.68. The molecule has 0 aliphatic carbocycles. The molecule has 0 saturated heterocycles.